The normalized spacial score (nSPS) is 26.7. The number of hydrogen-bond acceptors (Lipinski definition) is 2. The minimum atomic E-state index is 0.363. The largest absolute Gasteiger partial charge is 0.339 e. The molecule has 1 N–H and O–H groups in total. The van der Waals surface area contributed by atoms with Gasteiger partial charge in [-0.1, -0.05) is 12.8 Å². The van der Waals surface area contributed by atoms with E-state index in [1.54, 1.807) is 0 Å². The number of likely N-dealkylation sites (tertiary alicyclic amines) is 1. The molecular weight excluding hydrogens is 188 g/mol. The molecule has 3 heteroatoms. The van der Waals surface area contributed by atoms with Crippen molar-refractivity contribution in [1.29, 1.82) is 0 Å². The third kappa shape index (κ3) is 2.33. The summed E-state index contributed by atoms with van der Waals surface area (Å²) in [7, 11) is 1.97. The molecule has 1 amide bonds. The maximum atomic E-state index is 12.1. The molecule has 1 saturated heterocycles. The molecule has 1 heterocycles. The van der Waals surface area contributed by atoms with Gasteiger partial charge in [0, 0.05) is 18.5 Å². The Kier molecular flexibility index (Phi) is 3.62. The van der Waals surface area contributed by atoms with E-state index in [0.29, 0.717) is 17.9 Å². The van der Waals surface area contributed by atoms with Gasteiger partial charge in [-0.3, -0.25) is 4.79 Å². The van der Waals surface area contributed by atoms with Crippen molar-refractivity contribution < 1.29 is 4.79 Å². The van der Waals surface area contributed by atoms with Crippen LogP contribution in [0.4, 0.5) is 0 Å². The third-order valence-corrected chi connectivity index (χ3v) is 3.86. The first-order valence-corrected chi connectivity index (χ1v) is 6.28. The van der Waals surface area contributed by atoms with Crippen LogP contribution in [0.1, 0.15) is 38.5 Å². The summed E-state index contributed by atoms with van der Waals surface area (Å²) < 4.78 is 0. The first-order chi connectivity index (χ1) is 7.33. The van der Waals surface area contributed by atoms with Crippen molar-refractivity contribution in [2.45, 2.75) is 44.6 Å². The zero-order valence-electron chi connectivity index (χ0n) is 9.67. The van der Waals surface area contributed by atoms with Crippen molar-refractivity contribution in [3.63, 3.8) is 0 Å². The average molecular weight is 210 g/mol. The van der Waals surface area contributed by atoms with Crippen LogP contribution in [-0.4, -0.2) is 37.0 Å². The Hall–Kier alpha value is -0.570. The summed E-state index contributed by atoms with van der Waals surface area (Å²) in [6, 6.07) is 0.533. The summed E-state index contributed by atoms with van der Waals surface area (Å²) in [5.41, 5.74) is 0. The van der Waals surface area contributed by atoms with Crippen molar-refractivity contribution in [2.24, 2.45) is 5.92 Å². The summed E-state index contributed by atoms with van der Waals surface area (Å²) in [6.07, 6.45) is 7.11. The van der Waals surface area contributed by atoms with E-state index >= 15 is 0 Å². The van der Waals surface area contributed by atoms with Gasteiger partial charge < -0.3 is 10.2 Å². The molecule has 1 aliphatic heterocycles. The maximum absolute atomic E-state index is 12.1. The van der Waals surface area contributed by atoms with Crippen LogP contribution in [0.3, 0.4) is 0 Å². The summed E-state index contributed by atoms with van der Waals surface area (Å²) in [5.74, 6) is 0.808. The lowest BCUT2D eigenvalue weighted by molar-refractivity contribution is -0.143. The summed E-state index contributed by atoms with van der Waals surface area (Å²) >= 11 is 0. The molecule has 0 aromatic carbocycles. The highest BCUT2D eigenvalue weighted by Gasteiger charge is 2.36. The second kappa shape index (κ2) is 4.97. The smallest absolute Gasteiger partial charge is 0.225 e. The van der Waals surface area contributed by atoms with E-state index in [4.69, 9.17) is 0 Å². The summed E-state index contributed by atoms with van der Waals surface area (Å²) in [6.45, 7) is 2.03. The molecule has 1 atom stereocenters. The van der Waals surface area contributed by atoms with Gasteiger partial charge in [0.25, 0.3) is 0 Å². The zero-order valence-corrected chi connectivity index (χ0v) is 9.67. The quantitative estimate of drug-likeness (QED) is 0.760. The van der Waals surface area contributed by atoms with E-state index in [2.05, 4.69) is 10.2 Å². The van der Waals surface area contributed by atoms with E-state index in [1.807, 2.05) is 7.05 Å². The van der Waals surface area contributed by atoms with E-state index in [-0.39, 0.29) is 0 Å². The molecule has 1 unspecified atom stereocenters. The molecule has 86 valence electrons. The molecule has 2 aliphatic rings. The fourth-order valence-corrected chi connectivity index (χ4v) is 2.75. The Balaban J connectivity index is 1.79. The van der Waals surface area contributed by atoms with Crippen LogP contribution in [0.15, 0.2) is 0 Å². The number of nitrogens with zero attached hydrogens (tertiary/aromatic N) is 1. The third-order valence-electron chi connectivity index (χ3n) is 3.86. The Morgan fingerprint density at radius 1 is 1.33 bits per heavy atom. The van der Waals surface area contributed by atoms with Gasteiger partial charge in [0.15, 0.2) is 0 Å². The lowest BCUT2D eigenvalue weighted by Crippen LogP contribution is -2.53. The van der Waals surface area contributed by atoms with Crippen LogP contribution < -0.4 is 5.32 Å². The Labute approximate surface area is 92.2 Å². The number of nitrogens with one attached hydrogen (secondary N) is 1. The van der Waals surface area contributed by atoms with E-state index in [0.717, 1.165) is 32.4 Å². The van der Waals surface area contributed by atoms with Gasteiger partial charge in [-0.15, -0.1) is 0 Å². The highest BCUT2D eigenvalue weighted by atomic mass is 16.2. The van der Waals surface area contributed by atoms with Crippen molar-refractivity contribution in [3.8, 4) is 0 Å². The fraction of sp³-hybridized carbons (Fsp3) is 0.917. The van der Waals surface area contributed by atoms with Crippen LogP contribution in [-0.2, 0) is 4.79 Å². The molecule has 3 nitrogen and oxygen atoms in total. The molecule has 2 rings (SSSR count). The van der Waals surface area contributed by atoms with Crippen LogP contribution in [0.2, 0.25) is 0 Å². The van der Waals surface area contributed by atoms with Crippen LogP contribution in [0, 0.1) is 5.92 Å². The van der Waals surface area contributed by atoms with Crippen molar-refractivity contribution >= 4 is 5.91 Å². The molecular formula is C12H22N2O. The molecule has 1 aliphatic carbocycles. The Morgan fingerprint density at radius 2 is 2.07 bits per heavy atom. The SMILES string of the molecule is CNCCC1CCN1C(=O)C1CCCC1. The molecule has 1 saturated carbocycles. The Morgan fingerprint density at radius 3 is 2.60 bits per heavy atom. The number of carbonyl (C=O) groups is 1. The lowest BCUT2D eigenvalue weighted by atomic mass is 9.95. The minimum Gasteiger partial charge on any atom is -0.339 e. The molecule has 0 bridgehead atoms. The summed E-state index contributed by atoms with van der Waals surface area (Å²) in [5, 5.41) is 3.16. The number of carbonyl (C=O) groups excluding carboxylic acids is 1. The van der Waals surface area contributed by atoms with E-state index in [1.165, 1.54) is 19.3 Å². The van der Waals surface area contributed by atoms with Gasteiger partial charge in [-0.05, 0) is 39.3 Å². The fourth-order valence-electron chi connectivity index (χ4n) is 2.75. The van der Waals surface area contributed by atoms with Crippen LogP contribution in [0.25, 0.3) is 0 Å². The van der Waals surface area contributed by atoms with E-state index < -0.39 is 0 Å². The predicted molar refractivity (Wildman–Crippen MR) is 60.6 cm³/mol. The first-order valence-electron chi connectivity index (χ1n) is 6.28. The van der Waals surface area contributed by atoms with E-state index in [9.17, 15) is 4.79 Å². The maximum Gasteiger partial charge on any atom is 0.225 e. The molecule has 0 spiro atoms. The van der Waals surface area contributed by atoms with Gasteiger partial charge >= 0.3 is 0 Å². The zero-order chi connectivity index (χ0) is 10.7. The average Bonchev–Trinajstić information content (AvgIpc) is 2.69. The van der Waals surface area contributed by atoms with Gasteiger partial charge in [0.1, 0.15) is 0 Å². The van der Waals surface area contributed by atoms with Gasteiger partial charge in [0.2, 0.25) is 5.91 Å². The highest BCUT2D eigenvalue weighted by Crippen LogP contribution is 2.30. The monoisotopic (exact) mass is 210 g/mol. The van der Waals surface area contributed by atoms with Crippen LogP contribution in [0.5, 0.6) is 0 Å². The predicted octanol–water partition coefficient (Wildman–Crippen LogP) is 1.39. The standard InChI is InChI=1S/C12H22N2O/c1-13-8-6-11-7-9-14(11)12(15)10-4-2-3-5-10/h10-11,13H,2-9H2,1H3. The topological polar surface area (TPSA) is 32.3 Å². The second-order valence-corrected chi connectivity index (χ2v) is 4.85. The van der Waals surface area contributed by atoms with Gasteiger partial charge in [-0.25, -0.2) is 0 Å². The molecule has 0 aromatic rings. The highest BCUT2D eigenvalue weighted by molar-refractivity contribution is 5.80. The molecule has 0 radical (unpaired) electrons. The number of hydrogen-bond donors (Lipinski definition) is 1. The Bertz CT molecular complexity index is 224. The van der Waals surface area contributed by atoms with Crippen molar-refractivity contribution in [3.05, 3.63) is 0 Å². The van der Waals surface area contributed by atoms with Gasteiger partial charge in [-0.2, -0.15) is 0 Å². The second-order valence-electron chi connectivity index (χ2n) is 4.85. The van der Waals surface area contributed by atoms with Crippen LogP contribution >= 0.6 is 0 Å². The molecule has 0 aromatic heterocycles. The molecule has 15 heavy (non-hydrogen) atoms. The first kappa shape index (κ1) is 10.9. The van der Waals surface area contributed by atoms with Crippen molar-refractivity contribution in [2.75, 3.05) is 20.1 Å². The lowest BCUT2D eigenvalue weighted by Gasteiger charge is -2.42. The number of amides is 1. The van der Waals surface area contributed by atoms with Gasteiger partial charge in [0.05, 0.1) is 0 Å². The number of rotatable bonds is 4. The summed E-state index contributed by atoms with van der Waals surface area (Å²) in [4.78, 5) is 14.2. The van der Waals surface area contributed by atoms with Crippen molar-refractivity contribution in [1.82, 2.24) is 10.2 Å². The minimum absolute atomic E-state index is 0.363. The molecule has 2 fully saturated rings.